The van der Waals surface area contributed by atoms with E-state index in [1.165, 1.54) is 6.07 Å². The van der Waals surface area contributed by atoms with Crippen LogP contribution in [0.15, 0.2) is 42.1 Å². The molecule has 0 aliphatic heterocycles. The standard InChI is InChI=1S/C18H19F3N2O/c1-11-8-9-12-6-5-7-13(16(12)22-11)23-14(18(19,20)21)10-15(24)17(2,3)4/h5-10,23H,1-4H3. The number of alkyl halides is 3. The number of anilines is 1. The van der Waals surface area contributed by atoms with E-state index in [0.717, 1.165) is 0 Å². The lowest BCUT2D eigenvalue weighted by Crippen LogP contribution is -2.25. The van der Waals surface area contributed by atoms with Gasteiger partial charge in [0.1, 0.15) is 5.70 Å². The minimum Gasteiger partial charge on any atom is -0.350 e. The molecule has 1 N–H and O–H groups in total. The van der Waals surface area contributed by atoms with Gasteiger partial charge in [0.15, 0.2) is 5.78 Å². The van der Waals surface area contributed by atoms with Gasteiger partial charge in [0.2, 0.25) is 0 Å². The Bertz CT molecular complexity index is 802. The van der Waals surface area contributed by atoms with Crippen LogP contribution in [0.25, 0.3) is 10.9 Å². The van der Waals surface area contributed by atoms with Crippen molar-refractivity contribution in [2.24, 2.45) is 5.41 Å². The van der Waals surface area contributed by atoms with Crippen LogP contribution in [0.2, 0.25) is 0 Å². The van der Waals surface area contributed by atoms with Crippen molar-refractivity contribution in [3.63, 3.8) is 0 Å². The van der Waals surface area contributed by atoms with Crippen LogP contribution < -0.4 is 5.32 Å². The molecule has 0 saturated heterocycles. The van der Waals surface area contributed by atoms with Gasteiger partial charge in [-0.2, -0.15) is 13.2 Å². The number of pyridine rings is 1. The predicted molar refractivity (Wildman–Crippen MR) is 88.7 cm³/mol. The monoisotopic (exact) mass is 336 g/mol. The average Bonchev–Trinajstić information content (AvgIpc) is 2.45. The number of allylic oxidation sites excluding steroid dienone is 2. The molecule has 1 heterocycles. The fourth-order valence-electron chi connectivity index (χ4n) is 2.03. The van der Waals surface area contributed by atoms with Crippen LogP contribution in [0, 0.1) is 12.3 Å². The number of nitrogens with zero attached hydrogens (tertiary/aromatic N) is 1. The van der Waals surface area contributed by atoms with Crippen LogP contribution in [0.4, 0.5) is 18.9 Å². The molecular formula is C18H19F3N2O. The SMILES string of the molecule is Cc1ccc2cccc(NC(=CC(=O)C(C)(C)C)C(F)(F)F)c2n1. The third kappa shape index (κ3) is 4.13. The number of hydrogen-bond donors (Lipinski definition) is 1. The Labute approximate surface area is 138 Å². The van der Waals surface area contributed by atoms with E-state index < -0.39 is 23.1 Å². The molecule has 1 aromatic heterocycles. The fourth-order valence-corrected chi connectivity index (χ4v) is 2.03. The maximum atomic E-state index is 13.3. The van der Waals surface area contributed by atoms with Crippen molar-refractivity contribution in [2.45, 2.75) is 33.9 Å². The second kappa shape index (κ2) is 6.26. The summed E-state index contributed by atoms with van der Waals surface area (Å²) < 4.78 is 40.0. The van der Waals surface area contributed by atoms with Gasteiger partial charge in [-0.25, -0.2) is 0 Å². The van der Waals surface area contributed by atoms with Crippen molar-refractivity contribution in [1.82, 2.24) is 4.98 Å². The summed E-state index contributed by atoms with van der Waals surface area (Å²) in [5, 5.41) is 3.06. The molecule has 0 atom stereocenters. The number of benzene rings is 1. The topological polar surface area (TPSA) is 42.0 Å². The summed E-state index contributed by atoms with van der Waals surface area (Å²) in [6.45, 7) is 6.48. The Morgan fingerprint density at radius 1 is 1.12 bits per heavy atom. The Balaban J connectivity index is 2.50. The maximum Gasteiger partial charge on any atom is 0.431 e. The number of aromatic nitrogens is 1. The van der Waals surface area contributed by atoms with Gasteiger partial charge in [-0.1, -0.05) is 39.0 Å². The summed E-state index contributed by atoms with van der Waals surface area (Å²) in [4.78, 5) is 16.3. The van der Waals surface area contributed by atoms with Gasteiger partial charge in [0, 0.05) is 22.6 Å². The quantitative estimate of drug-likeness (QED) is 0.801. The van der Waals surface area contributed by atoms with Gasteiger partial charge >= 0.3 is 6.18 Å². The molecular weight excluding hydrogens is 317 g/mol. The Morgan fingerprint density at radius 3 is 2.38 bits per heavy atom. The van der Waals surface area contributed by atoms with Crippen molar-refractivity contribution < 1.29 is 18.0 Å². The number of carbonyl (C=O) groups excluding carboxylic acids is 1. The number of rotatable bonds is 3. The van der Waals surface area contributed by atoms with Crippen molar-refractivity contribution in [3.8, 4) is 0 Å². The predicted octanol–water partition coefficient (Wildman–Crippen LogP) is 5.02. The van der Waals surface area contributed by atoms with E-state index in [2.05, 4.69) is 10.3 Å². The first-order valence-electron chi connectivity index (χ1n) is 7.45. The molecule has 0 spiro atoms. The first kappa shape index (κ1) is 18.0. The lowest BCUT2D eigenvalue weighted by atomic mass is 9.90. The van der Waals surface area contributed by atoms with Gasteiger partial charge < -0.3 is 5.32 Å². The molecule has 128 valence electrons. The zero-order valence-electron chi connectivity index (χ0n) is 14.0. The molecule has 2 aromatic rings. The first-order valence-corrected chi connectivity index (χ1v) is 7.45. The van der Waals surface area contributed by atoms with E-state index in [4.69, 9.17) is 0 Å². The van der Waals surface area contributed by atoms with Crippen molar-refractivity contribution in [2.75, 3.05) is 5.32 Å². The minimum atomic E-state index is -4.67. The Morgan fingerprint density at radius 2 is 1.79 bits per heavy atom. The van der Waals surface area contributed by atoms with E-state index in [9.17, 15) is 18.0 Å². The molecule has 0 fully saturated rings. The van der Waals surface area contributed by atoms with Crippen LogP contribution >= 0.6 is 0 Å². The van der Waals surface area contributed by atoms with Gasteiger partial charge in [-0.05, 0) is 19.1 Å². The number of para-hydroxylation sites is 1. The number of ketones is 1. The second-order valence-electron chi connectivity index (χ2n) is 6.62. The largest absolute Gasteiger partial charge is 0.431 e. The second-order valence-corrected chi connectivity index (χ2v) is 6.62. The third-order valence-corrected chi connectivity index (χ3v) is 3.45. The maximum absolute atomic E-state index is 13.3. The summed E-state index contributed by atoms with van der Waals surface area (Å²) in [5.41, 5.74) is -0.665. The van der Waals surface area contributed by atoms with Crippen LogP contribution in [-0.4, -0.2) is 16.9 Å². The highest BCUT2D eigenvalue weighted by atomic mass is 19.4. The van der Waals surface area contributed by atoms with Crippen LogP contribution in [0.3, 0.4) is 0 Å². The summed E-state index contributed by atoms with van der Waals surface area (Å²) in [6, 6.07) is 8.50. The third-order valence-electron chi connectivity index (χ3n) is 3.45. The number of halogens is 3. The van der Waals surface area contributed by atoms with E-state index in [0.29, 0.717) is 22.7 Å². The lowest BCUT2D eigenvalue weighted by molar-refractivity contribution is -0.122. The molecule has 2 rings (SSSR count). The van der Waals surface area contributed by atoms with Gasteiger partial charge in [0.05, 0.1) is 11.2 Å². The number of hydrogen-bond acceptors (Lipinski definition) is 3. The molecule has 1 aromatic carbocycles. The van der Waals surface area contributed by atoms with E-state index >= 15 is 0 Å². The first-order chi connectivity index (χ1) is 11.0. The summed E-state index contributed by atoms with van der Waals surface area (Å²) in [7, 11) is 0. The Hall–Kier alpha value is -2.37. The minimum absolute atomic E-state index is 0.210. The fraction of sp³-hybridized carbons (Fsp3) is 0.333. The number of nitrogens with one attached hydrogen (secondary N) is 1. The summed E-state index contributed by atoms with van der Waals surface area (Å²) in [5.74, 6) is -0.605. The highest BCUT2D eigenvalue weighted by Crippen LogP contribution is 2.31. The molecule has 0 bridgehead atoms. The normalized spacial score (nSPS) is 13.2. The van der Waals surface area contributed by atoms with Gasteiger partial charge in [-0.3, -0.25) is 9.78 Å². The van der Waals surface area contributed by atoms with E-state index in [-0.39, 0.29) is 5.69 Å². The molecule has 0 amide bonds. The zero-order chi connectivity index (χ0) is 18.1. The molecule has 3 nitrogen and oxygen atoms in total. The van der Waals surface area contributed by atoms with Crippen LogP contribution in [-0.2, 0) is 4.79 Å². The molecule has 0 aliphatic rings. The van der Waals surface area contributed by atoms with Crippen molar-refractivity contribution in [1.29, 1.82) is 0 Å². The molecule has 0 unspecified atom stereocenters. The highest BCUT2D eigenvalue weighted by Gasteiger charge is 2.36. The molecule has 0 aliphatic carbocycles. The van der Waals surface area contributed by atoms with Crippen LogP contribution in [0.1, 0.15) is 26.5 Å². The van der Waals surface area contributed by atoms with E-state index in [1.54, 1.807) is 52.0 Å². The van der Waals surface area contributed by atoms with Crippen molar-refractivity contribution in [3.05, 3.63) is 47.8 Å². The molecule has 24 heavy (non-hydrogen) atoms. The molecule has 0 radical (unpaired) electrons. The van der Waals surface area contributed by atoms with Gasteiger partial charge in [0.25, 0.3) is 0 Å². The lowest BCUT2D eigenvalue weighted by Gasteiger charge is -2.18. The number of carbonyl (C=O) groups is 1. The summed E-state index contributed by atoms with van der Waals surface area (Å²) >= 11 is 0. The smallest absolute Gasteiger partial charge is 0.350 e. The number of aryl methyl sites for hydroxylation is 1. The average molecular weight is 336 g/mol. The van der Waals surface area contributed by atoms with E-state index in [1.807, 2.05) is 0 Å². The molecule has 6 heteroatoms. The highest BCUT2D eigenvalue weighted by molar-refractivity contribution is 5.96. The number of fused-ring (bicyclic) bond motifs is 1. The summed E-state index contributed by atoms with van der Waals surface area (Å²) in [6.07, 6.45) is -4.05. The Kier molecular flexibility index (Phi) is 4.69. The molecule has 0 saturated carbocycles. The van der Waals surface area contributed by atoms with Crippen LogP contribution in [0.5, 0.6) is 0 Å². The zero-order valence-corrected chi connectivity index (χ0v) is 14.0. The van der Waals surface area contributed by atoms with Gasteiger partial charge in [-0.15, -0.1) is 0 Å². The van der Waals surface area contributed by atoms with Crippen molar-refractivity contribution >= 4 is 22.4 Å².